The molecule has 2 rings (SSSR count). The zero-order valence-corrected chi connectivity index (χ0v) is 12.0. The Balaban J connectivity index is 2.01. The van der Waals surface area contributed by atoms with Crippen molar-refractivity contribution in [3.8, 4) is 5.75 Å². The highest BCUT2D eigenvalue weighted by Gasteiger charge is 2.20. The number of likely N-dealkylation sites (N-methyl/N-ethyl adjacent to an activating group) is 1. The summed E-state index contributed by atoms with van der Waals surface area (Å²) < 4.78 is 11.5. The van der Waals surface area contributed by atoms with E-state index in [0.29, 0.717) is 6.10 Å². The Morgan fingerprint density at radius 1 is 1.26 bits per heavy atom. The number of rotatable bonds is 7. The number of para-hydroxylation sites is 1. The number of methoxy groups -OCH3 is 1. The Morgan fingerprint density at radius 3 is 2.68 bits per heavy atom. The van der Waals surface area contributed by atoms with Gasteiger partial charge in [-0.25, -0.2) is 0 Å². The zero-order chi connectivity index (χ0) is 13.5. The summed E-state index contributed by atoms with van der Waals surface area (Å²) in [5, 5.41) is 3.49. The molecule has 106 valence electrons. The number of benzene rings is 1. The van der Waals surface area contributed by atoms with Crippen LogP contribution in [0.3, 0.4) is 0 Å². The van der Waals surface area contributed by atoms with Crippen molar-refractivity contribution in [1.29, 1.82) is 0 Å². The smallest absolute Gasteiger partial charge is 0.123 e. The average molecular weight is 263 g/mol. The average Bonchev–Trinajstić information content (AvgIpc) is 2.96. The van der Waals surface area contributed by atoms with Crippen molar-refractivity contribution in [2.24, 2.45) is 0 Å². The number of hydrogen-bond donors (Lipinski definition) is 1. The number of nitrogens with one attached hydrogen (secondary N) is 1. The van der Waals surface area contributed by atoms with Crippen LogP contribution >= 0.6 is 0 Å². The molecule has 0 radical (unpaired) electrons. The fourth-order valence-electron chi connectivity index (χ4n) is 2.75. The highest BCUT2D eigenvalue weighted by atomic mass is 16.5. The summed E-state index contributed by atoms with van der Waals surface area (Å²) in [7, 11) is 1.72. The second kappa shape index (κ2) is 7.51. The van der Waals surface area contributed by atoms with Crippen molar-refractivity contribution in [2.75, 3.05) is 20.3 Å². The summed E-state index contributed by atoms with van der Waals surface area (Å²) in [4.78, 5) is 0. The number of ether oxygens (including phenoxy) is 2. The Bertz CT molecular complexity index is 375. The van der Waals surface area contributed by atoms with E-state index in [1.165, 1.54) is 31.2 Å². The van der Waals surface area contributed by atoms with E-state index in [1.54, 1.807) is 7.11 Å². The molecule has 1 aliphatic carbocycles. The first kappa shape index (κ1) is 14.4. The Labute approximate surface area is 116 Å². The van der Waals surface area contributed by atoms with Crippen LogP contribution in [0.15, 0.2) is 24.3 Å². The van der Waals surface area contributed by atoms with Gasteiger partial charge in [0.05, 0.1) is 25.9 Å². The van der Waals surface area contributed by atoms with Crippen molar-refractivity contribution in [3.63, 3.8) is 0 Å². The summed E-state index contributed by atoms with van der Waals surface area (Å²) >= 11 is 0. The molecule has 0 saturated heterocycles. The van der Waals surface area contributed by atoms with Crippen molar-refractivity contribution in [2.45, 2.75) is 44.8 Å². The van der Waals surface area contributed by atoms with Gasteiger partial charge < -0.3 is 14.8 Å². The molecule has 0 aliphatic heterocycles. The molecule has 0 spiro atoms. The Kier molecular flexibility index (Phi) is 5.67. The Hall–Kier alpha value is -1.06. The molecule has 19 heavy (non-hydrogen) atoms. The third-order valence-corrected chi connectivity index (χ3v) is 3.77. The Morgan fingerprint density at radius 2 is 2.00 bits per heavy atom. The van der Waals surface area contributed by atoms with Gasteiger partial charge in [0.1, 0.15) is 5.75 Å². The molecule has 0 aromatic heterocycles. The maximum absolute atomic E-state index is 6.05. The first-order chi connectivity index (χ1) is 9.35. The normalized spacial score (nSPS) is 17.6. The maximum Gasteiger partial charge on any atom is 0.123 e. The minimum absolute atomic E-state index is 0.210. The molecule has 1 aromatic carbocycles. The summed E-state index contributed by atoms with van der Waals surface area (Å²) in [6.45, 7) is 3.77. The largest absolute Gasteiger partial charge is 0.496 e. The molecule has 3 nitrogen and oxygen atoms in total. The van der Waals surface area contributed by atoms with E-state index in [-0.39, 0.29) is 6.04 Å². The predicted molar refractivity (Wildman–Crippen MR) is 77.6 cm³/mol. The lowest BCUT2D eigenvalue weighted by Crippen LogP contribution is -2.27. The van der Waals surface area contributed by atoms with Crippen LogP contribution in [-0.4, -0.2) is 26.4 Å². The quantitative estimate of drug-likeness (QED) is 0.818. The van der Waals surface area contributed by atoms with Crippen molar-refractivity contribution >= 4 is 0 Å². The molecule has 0 heterocycles. The van der Waals surface area contributed by atoms with E-state index in [1.807, 2.05) is 12.1 Å². The molecule has 1 unspecified atom stereocenters. The zero-order valence-electron chi connectivity index (χ0n) is 12.0. The van der Waals surface area contributed by atoms with Gasteiger partial charge in [0.15, 0.2) is 0 Å². The highest BCUT2D eigenvalue weighted by Crippen LogP contribution is 2.27. The fraction of sp³-hybridized carbons (Fsp3) is 0.625. The summed E-state index contributed by atoms with van der Waals surface area (Å²) in [5.74, 6) is 0.934. The minimum Gasteiger partial charge on any atom is -0.496 e. The molecular formula is C16H25NO2. The van der Waals surface area contributed by atoms with E-state index in [4.69, 9.17) is 9.47 Å². The molecule has 0 bridgehead atoms. The second-order valence-corrected chi connectivity index (χ2v) is 5.09. The third kappa shape index (κ3) is 3.95. The summed E-state index contributed by atoms with van der Waals surface area (Å²) in [5.41, 5.74) is 1.19. The van der Waals surface area contributed by atoms with Gasteiger partial charge in [-0.2, -0.15) is 0 Å². The van der Waals surface area contributed by atoms with Crippen LogP contribution in [0.4, 0.5) is 0 Å². The van der Waals surface area contributed by atoms with Gasteiger partial charge in [0.2, 0.25) is 0 Å². The monoisotopic (exact) mass is 263 g/mol. The SMILES string of the molecule is CCNC(COC1CCCC1)c1ccccc1OC. The van der Waals surface area contributed by atoms with E-state index in [9.17, 15) is 0 Å². The number of hydrogen-bond acceptors (Lipinski definition) is 3. The third-order valence-electron chi connectivity index (χ3n) is 3.77. The van der Waals surface area contributed by atoms with Gasteiger partial charge in [-0.1, -0.05) is 38.0 Å². The highest BCUT2D eigenvalue weighted by molar-refractivity contribution is 5.35. The second-order valence-electron chi connectivity index (χ2n) is 5.09. The van der Waals surface area contributed by atoms with E-state index in [0.717, 1.165) is 18.9 Å². The lowest BCUT2D eigenvalue weighted by molar-refractivity contribution is 0.0424. The van der Waals surface area contributed by atoms with Gasteiger partial charge in [0.25, 0.3) is 0 Å². The molecular weight excluding hydrogens is 238 g/mol. The van der Waals surface area contributed by atoms with Crippen LogP contribution < -0.4 is 10.1 Å². The van der Waals surface area contributed by atoms with Gasteiger partial charge >= 0.3 is 0 Å². The van der Waals surface area contributed by atoms with Crippen LogP contribution in [0, 0.1) is 0 Å². The van der Waals surface area contributed by atoms with Crippen LogP contribution in [0.5, 0.6) is 5.75 Å². The van der Waals surface area contributed by atoms with E-state index < -0.39 is 0 Å². The van der Waals surface area contributed by atoms with Gasteiger partial charge in [0, 0.05) is 5.56 Å². The molecule has 0 amide bonds. The first-order valence-electron chi connectivity index (χ1n) is 7.33. The molecule has 1 atom stereocenters. The van der Waals surface area contributed by atoms with Crippen LogP contribution in [0.2, 0.25) is 0 Å². The summed E-state index contributed by atoms with van der Waals surface area (Å²) in [6, 6.07) is 8.39. The van der Waals surface area contributed by atoms with Crippen LogP contribution in [-0.2, 0) is 4.74 Å². The van der Waals surface area contributed by atoms with Gasteiger partial charge in [-0.3, -0.25) is 0 Å². The summed E-state index contributed by atoms with van der Waals surface area (Å²) in [6.07, 6.45) is 5.50. The fourth-order valence-corrected chi connectivity index (χ4v) is 2.75. The van der Waals surface area contributed by atoms with Crippen molar-refractivity contribution in [1.82, 2.24) is 5.32 Å². The lowest BCUT2D eigenvalue weighted by atomic mass is 10.1. The minimum atomic E-state index is 0.210. The molecule has 1 fully saturated rings. The molecule has 3 heteroatoms. The van der Waals surface area contributed by atoms with Crippen LogP contribution in [0.1, 0.15) is 44.2 Å². The van der Waals surface area contributed by atoms with E-state index in [2.05, 4.69) is 24.4 Å². The molecule has 1 saturated carbocycles. The predicted octanol–water partition coefficient (Wildman–Crippen LogP) is 3.31. The van der Waals surface area contributed by atoms with Crippen LogP contribution in [0.25, 0.3) is 0 Å². The van der Waals surface area contributed by atoms with Crippen molar-refractivity contribution < 1.29 is 9.47 Å². The van der Waals surface area contributed by atoms with Gasteiger partial charge in [-0.05, 0) is 25.5 Å². The standard InChI is InChI=1S/C16H25NO2/c1-3-17-15(12-19-13-8-4-5-9-13)14-10-6-7-11-16(14)18-2/h6-7,10-11,13,15,17H,3-5,8-9,12H2,1-2H3. The van der Waals surface area contributed by atoms with Gasteiger partial charge in [-0.15, -0.1) is 0 Å². The van der Waals surface area contributed by atoms with Crippen molar-refractivity contribution in [3.05, 3.63) is 29.8 Å². The maximum atomic E-state index is 6.05. The molecule has 1 aromatic rings. The topological polar surface area (TPSA) is 30.5 Å². The lowest BCUT2D eigenvalue weighted by Gasteiger charge is -2.22. The first-order valence-corrected chi connectivity index (χ1v) is 7.33. The molecule has 1 N–H and O–H groups in total. The van der Waals surface area contributed by atoms with E-state index >= 15 is 0 Å². The molecule has 1 aliphatic rings.